The van der Waals surface area contributed by atoms with Crippen LogP contribution in [0.5, 0.6) is 0 Å². The van der Waals surface area contributed by atoms with Crippen molar-refractivity contribution in [3.05, 3.63) is 44.8 Å². The molecule has 26 heavy (non-hydrogen) atoms. The van der Waals surface area contributed by atoms with Crippen molar-refractivity contribution in [3.63, 3.8) is 0 Å². The van der Waals surface area contributed by atoms with Gasteiger partial charge in [-0.1, -0.05) is 22.0 Å². The number of halogens is 2. The fourth-order valence-corrected chi connectivity index (χ4v) is 4.12. The van der Waals surface area contributed by atoms with Gasteiger partial charge >= 0.3 is 0 Å². The highest BCUT2D eigenvalue weighted by molar-refractivity contribution is 14.0. The number of nitrogens with zero attached hydrogens (tertiary/aromatic N) is 3. The lowest BCUT2D eigenvalue weighted by atomic mass is 10.1. The fourth-order valence-electron chi connectivity index (χ4n) is 3.01. The van der Waals surface area contributed by atoms with E-state index in [0.717, 1.165) is 35.1 Å². The maximum Gasteiger partial charge on any atom is 0.191 e. The van der Waals surface area contributed by atoms with Crippen molar-refractivity contribution in [2.45, 2.75) is 19.9 Å². The average molecular weight is 550 g/mol. The molecule has 0 radical (unpaired) electrons. The molecule has 1 atom stereocenters. The maximum atomic E-state index is 4.37. The Morgan fingerprint density at radius 3 is 2.96 bits per heavy atom. The summed E-state index contributed by atoms with van der Waals surface area (Å²) in [4.78, 5) is 12.4. The lowest BCUT2D eigenvalue weighted by Gasteiger charge is -2.19. The van der Waals surface area contributed by atoms with E-state index in [4.69, 9.17) is 0 Å². The van der Waals surface area contributed by atoms with E-state index in [1.165, 1.54) is 17.0 Å². The van der Waals surface area contributed by atoms with E-state index in [0.29, 0.717) is 12.5 Å². The molecule has 142 valence electrons. The van der Waals surface area contributed by atoms with Crippen LogP contribution >= 0.6 is 51.2 Å². The quantitative estimate of drug-likeness (QED) is 0.336. The van der Waals surface area contributed by atoms with Crippen LogP contribution in [0.15, 0.2) is 39.9 Å². The van der Waals surface area contributed by atoms with Gasteiger partial charge in [-0.25, -0.2) is 4.98 Å². The van der Waals surface area contributed by atoms with Gasteiger partial charge in [0, 0.05) is 47.9 Å². The molecule has 1 unspecified atom stereocenters. The van der Waals surface area contributed by atoms with Gasteiger partial charge in [0.25, 0.3) is 0 Å². The zero-order valence-electron chi connectivity index (χ0n) is 15.0. The molecule has 1 aromatic heterocycles. The van der Waals surface area contributed by atoms with Crippen molar-refractivity contribution in [3.8, 4) is 0 Å². The molecule has 1 aliphatic heterocycles. The lowest BCUT2D eigenvalue weighted by molar-refractivity contribution is 0.565. The van der Waals surface area contributed by atoms with E-state index in [2.05, 4.69) is 72.6 Å². The van der Waals surface area contributed by atoms with Crippen LogP contribution < -0.4 is 15.5 Å². The Morgan fingerprint density at radius 1 is 1.42 bits per heavy atom. The zero-order chi connectivity index (χ0) is 17.6. The molecule has 0 amide bonds. The van der Waals surface area contributed by atoms with Gasteiger partial charge in [0.15, 0.2) is 5.96 Å². The molecule has 0 spiro atoms. The van der Waals surface area contributed by atoms with Gasteiger partial charge in [-0.3, -0.25) is 4.99 Å². The number of thiazole rings is 1. The molecule has 2 aromatic rings. The highest BCUT2D eigenvalue weighted by atomic mass is 127. The predicted octanol–water partition coefficient (Wildman–Crippen LogP) is 4.02. The lowest BCUT2D eigenvalue weighted by Crippen LogP contribution is -2.39. The van der Waals surface area contributed by atoms with Crippen LogP contribution in [0.2, 0.25) is 0 Å². The molecule has 2 heterocycles. The number of aryl methyl sites for hydroxylation is 1. The summed E-state index contributed by atoms with van der Waals surface area (Å²) < 4.78 is 1.13. The molecule has 8 heteroatoms. The molecule has 0 aliphatic carbocycles. The summed E-state index contributed by atoms with van der Waals surface area (Å²) in [6, 6.07) is 8.53. The van der Waals surface area contributed by atoms with Crippen LogP contribution in [-0.4, -0.2) is 37.6 Å². The average Bonchev–Trinajstić information content (AvgIpc) is 3.24. The summed E-state index contributed by atoms with van der Waals surface area (Å²) in [6.07, 6.45) is 3.11. The summed E-state index contributed by atoms with van der Waals surface area (Å²) in [7, 11) is 1.81. The van der Waals surface area contributed by atoms with E-state index < -0.39 is 0 Å². The topological polar surface area (TPSA) is 52.6 Å². The smallest absolute Gasteiger partial charge is 0.191 e. The van der Waals surface area contributed by atoms with Crippen molar-refractivity contribution >= 4 is 62.9 Å². The highest BCUT2D eigenvalue weighted by Gasteiger charge is 2.22. The number of guanidine groups is 1. The number of nitrogens with one attached hydrogen (secondary N) is 2. The molecular weight excluding hydrogens is 525 g/mol. The molecule has 2 N–H and O–H groups in total. The van der Waals surface area contributed by atoms with E-state index in [-0.39, 0.29) is 24.0 Å². The maximum absolute atomic E-state index is 4.37. The standard InChI is InChI=1S/C18H24BrN5S.HI/c1-13-9-21-17(25-13)11-23-18(20-2)22-10-14-6-7-24(12-14)16-5-3-4-15(19)8-16;/h3-5,8-9,14H,6-7,10-12H2,1-2H3,(H2,20,22,23);1H. The Bertz CT molecular complexity index is 736. The van der Waals surface area contributed by atoms with Gasteiger partial charge in [0.2, 0.25) is 0 Å². The van der Waals surface area contributed by atoms with Crippen molar-refractivity contribution < 1.29 is 0 Å². The highest BCUT2D eigenvalue weighted by Crippen LogP contribution is 2.25. The van der Waals surface area contributed by atoms with Gasteiger partial charge in [-0.15, -0.1) is 35.3 Å². The van der Waals surface area contributed by atoms with E-state index in [1.54, 1.807) is 11.3 Å². The molecule has 1 fully saturated rings. The number of rotatable bonds is 5. The van der Waals surface area contributed by atoms with Crippen molar-refractivity contribution in [1.29, 1.82) is 0 Å². The molecule has 5 nitrogen and oxygen atoms in total. The molecule has 0 bridgehead atoms. The fraction of sp³-hybridized carbons (Fsp3) is 0.444. The summed E-state index contributed by atoms with van der Waals surface area (Å²) in [5, 5.41) is 7.88. The summed E-state index contributed by atoms with van der Waals surface area (Å²) >= 11 is 5.27. The minimum absolute atomic E-state index is 0. The second kappa shape index (κ2) is 10.5. The van der Waals surface area contributed by atoms with E-state index in [9.17, 15) is 0 Å². The molecule has 3 rings (SSSR count). The van der Waals surface area contributed by atoms with Crippen LogP contribution in [0, 0.1) is 12.8 Å². The normalized spacial score (nSPS) is 17.1. The molecule has 0 saturated carbocycles. The van der Waals surface area contributed by atoms with Gasteiger partial charge in [-0.05, 0) is 37.5 Å². The van der Waals surface area contributed by atoms with E-state index >= 15 is 0 Å². The SMILES string of the molecule is CN=C(NCc1ncc(C)s1)NCC1CCN(c2cccc(Br)c2)C1.I. The number of hydrogen-bond donors (Lipinski definition) is 2. The molecule has 1 aliphatic rings. The van der Waals surface area contributed by atoms with Crippen molar-refractivity contribution in [1.82, 2.24) is 15.6 Å². The number of aromatic nitrogens is 1. The second-order valence-electron chi connectivity index (χ2n) is 6.25. The first-order valence-electron chi connectivity index (χ1n) is 8.50. The van der Waals surface area contributed by atoms with Crippen LogP contribution in [-0.2, 0) is 6.54 Å². The summed E-state index contributed by atoms with van der Waals surface area (Å²) in [5.41, 5.74) is 1.29. The van der Waals surface area contributed by atoms with Crippen molar-refractivity contribution in [2.24, 2.45) is 10.9 Å². The minimum Gasteiger partial charge on any atom is -0.371 e. The van der Waals surface area contributed by atoms with Crippen LogP contribution in [0.3, 0.4) is 0 Å². The molecular formula is C18H25BrIN5S. The van der Waals surface area contributed by atoms with E-state index in [1.807, 2.05) is 13.2 Å². The Kier molecular flexibility index (Phi) is 8.62. The van der Waals surface area contributed by atoms with Gasteiger partial charge < -0.3 is 15.5 Å². The van der Waals surface area contributed by atoms with Crippen LogP contribution in [0.25, 0.3) is 0 Å². The summed E-state index contributed by atoms with van der Waals surface area (Å²) in [5.74, 6) is 1.47. The monoisotopic (exact) mass is 549 g/mol. The first-order valence-corrected chi connectivity index (χ1v) is 10.1. The van der Waals surface area contributed by atoms with Gasteiger partial charge in [0.05, 0.1) is 6.54 Å². The third-order valence-electron chi connectivity index (χ3n) is 4.32. The third kappa shape index (κ3) is 6.09. The zero-order valence-corrected chi connectivity index (χ0v) is 19.8. The first kappa shape index (κ1) is 21.4. The second-order valence-corrected chi connectivity index (χ2v) is 8.49. The number of benzene rings is 1. The third-order valence-corrected chi connectivity index (χ3v) is 5.72. The number of anilines is 1. The first-order chi connectivity index (χ1) is 12.1. The summed E-state index contributed by atoms with van der Waals surface area (Å²) in [6.45, 7) is 5.90. The van der Waals surface area contributed by atoms with Crippen LogP contribution in [0.1, 0.15) is 16.3 Å². The number of aliphatic imine (C=N–C) groups is 1. The predicted molar refractivity (Wildman–Crippen MR) is 125 cm³/mol. The van der Waals surface area contributed by atoms with Gasteiger partial charge in [-0.2, -0.15) is 0 Å². The van der Waals surface area contributed by atoms with Crippen LogP contribution in [0.4, 0.5) is 5.69 Å². The number of hydrogen-bond acceptors (Lipinski definition) is 4. The Morgan fingerprint density at radius 2 is 2.27 bits per heavy atom. The van der Waals surface area contributed by atoms with Gasteiger partial charge in [0.1, 0.15) is 5.01 Å². The minimum atomic E-state index is 0. The largest absolute Gasteiger partial charge is 0.371 e. The van der Waals surface area contributed by atoms with Crippen molar-refractivity contribution in [2.75, 3.05) is 31.6 Å². The Balaban J connectivity index is 0.00000243. The Hall–Kier alpha value is -0.870. The Labute approximate surface area is 184 Å². The molecule has 1 saturated heterocycles. The molecule has 1 aromatic carbocycles.